The Morgan fingerprint density at radius 2 is 2.09 bits per heavy atom. The largest absolute Gasteiger partial charge is 0.357 e. The Balaban J connectivity index is 0.00000441. The van der Waals surface area contributed by atoms with Crippen molar-refractivity contribution in [3.8, 4) is 0 Å². The highest BCUT2D eigenvalue weighted by Crippen LogP contribution is 1.99. The van der Waals surface area contributed by atoms with Gasteiger partial charge in [0.25, 0.3) is 0 Å². The fourth-order valence-electron chi connectivity index (χ4n) is 1.81. The number of nitrogens with one attached hydrogen (secondary N) is 2. The van der Waals surface area contributed by atoms with Gasteiger partial charge in [0.2, 0.25) is 0 Å². The van der Waals surface area contributed by atoms with Crippen molar-refractivity contribution < 1.29 is 0 Å². The third-order valence-electron chi connectivity index (χ3n) is 2.91. The number of aliphatic imine (C=N–C) groups is 1. The zero-order chi connectivity index (χ0) is 15.9. The number of aromatic nitrogens is 3. The highest BCUT2D eigenvalue weighted by Gasteiger charge is 2.10. The van der Waals surface area contributed by atoms with E-state index >= 15 is 0 Å². The third-order valence-corrected chi connectivity index (χ3v) is 2.91. The van der Waals surface area contributed by atoms with Crippen LogP contribution in [0.15, 0.2) is 11.3 Å². The van der Waals surface area contributed by atoms with Gasteiger partial charge in [0.15, 0.2) is 5.96 Å². The molecule has 2 N–H and O–H groups in total. The molecule has 0 unspecified atom stereocenters. The van der Waals surface area contributed by atoms with Crippen molar-refractivity contribution in [3.05, 3.63) is 12.2 Å². The van der Waals surface area contributed by atoms with Crippen LogP contribution < -0.4 is 10.6 Å². The Morgan fingerprint density at radius 3 is 2.59 bits per heavy atom. The maximum atomic E-state index is 4.64. The molecular weight excluding hydrogens is 393 g/mol. The molecule has 0 aromatic carbocycles. The van der Waals surface area contributed by atoms with Crippen molar-refractivity contribution in [2.24, 2.45) is 12.0 Å². The van der Waals surface area contributed by atoms with Crippen molar-refractivity contribution in [2.45, 2.75) is 39.8 Å². The molecule has 0 radical (unpaired) electrons. The van der Waals surface area contributed by atoms with E-state index in [1.807, 2.05) is 14.1 Å². The third kappa shape index (κ3) is 7.92. The lowest BCUT2D eigenvalue weighted by atomic mass is 10.1. The van der Waals surface area contributed by atoms with Crippen LogP contribution in [-0.2, 0) is 13.6 Å². The highest BCUT2D eigenvalue weighted by atomic mass is 127. The monoisotopic (exact) mass is 423 g/mol. The zero-order valence-electron chi connectivity index (χ0n) is 14.6. The Morgan fingerprint density at radius 1 is 1.41 bits per heavy atom. The summed E-state index contributed by atoms with van der Waals surface area (Å²) in [7, 11) is 3.90. The van der Waals surface area contributed by atoms with Crippen LogP contribution in [0, 0.1) is 0 Å². The summed E-state index contributed by atoms with van der Waals surface area (Å²) in [5, 5.41) is 10.8. The van der Waals surface area contributed by atoms with Crippen LogP contribution in [0.3, 0.4) is 0 Å². The number of halogens is 1. The smallest absolute Gasteiger partial charge is 0.194 e. The van der Waals surface area contributed by atoms with Crippen LogP contribution in [0.5, 0.6) is 0 Å². The van der Waals surface area contributed by atoms with E-state index in [1.165, 1.54) is 0 Å². The molecule has 0 aliphatic rings. The minimum absolute atomic E-state index is 0. The molecule has 128 valence electrons. The summed E-state index contributed by atoms with van der Waals surface area (Å²) in [5.74, 6) is 1.80. The first-order chi connectivity index (χ1) is 9.83. The van der Waals surface area contributed by atoms with E-state index in [-0.39, 0.29) is 29.5 Å². The van der Waals surface area contributed by atoms with Crippen LogP contribution in [0.4, 0.5) is 0 Å². The summed E-state index contributed by atoms with van der Waals surface area (Å²) in [6.07, 6.45) is 1.57. The molecule has 22 heavy (non-hydrogen) atoms. The molecule has 1 heterocycles. The number of aryl methyl sites for hydroxylation is 1. The minimum Gasteiger partial charge on any atom is -0.357 e. The Labute approximate surface area is 151 Å². The second-order valence-corrected chi connectivity index (χ2v) is 6.07. The summed E-state index contributed by atoms with van der Waals surface area (Å²) in [4.78, 5) is 10.9. The average Bonchev–Trinajstić information content (AvgIpc) is 2.77. The Hall–Kier alpha value is -0.900. The van der Waals surface area contributed by atoms with E-state index in [4.69, 9.17) is 0 Å². The topological polar surface area (TPSA) is 70.4 Å². The van der Waals surface area contributed by atoms with Crippen molar-refractivity contribution >= 4 is 29.9 Å². The van der Waals surface area contributed by atoms with Crippen LogP contribution in [0.25, 0.3) is 0 Å². The quantitative estimate of drug-likeness (QED) is 0.312. The number of hydrogen-bond acceptors (Lipinski definition) is 4. The second kappa shape index (κ2) is 9.98. The van der Waals surface area contributed by atoms with Crippen LogP contribution >= 0.6 is 24.0 Å². The molecule has 0 bridgehead atoms. The molecule has 0 saturated heterocycles. The van der Waals surface area contributed by atoms with Crippen molar-refractivity contribution in [3.63, 3.8) is 0 Å². The van der Waals surface area contributed by atoms with Crippen LogP contribution in [0.2, 0.25) is 0 Å². The molecule has 0 amide bonds. The molecule has 1 aromatic heterocycles. The van der Waals surface area contributed by atoms with Gasteiger partial charge in [0.1, 0.15) is 12.2 Å². The maximum Gasteiger partial charge on any atom is 0.194 e. The first kappa shape index (κ1) is 21.1. The van der Waals surface area contributed by atoms with Crippen molar-refractivity contribution in [1.82, 2.24) is 30.3 Å². The minimum atomic E-state index is 0. The molecule has 0 spiro atoms. The zero-order valence-corrected chi connectivity index (χ0v) is 16.9. The number of nitrogens with zero attached hydrogens (tertiary/aromatic N) is 5. The molecular formula is C14H30IN7. The molecule has 0 aliphatic heterocycles. The van der Waals surface area contributed by atoms with Gasteiger partial charge in [0.05, 0.1) is 13.1 Å². The van der Waals surface area contributed by atoms with E-state index in [9.17, 15) is 0 Å². The van der Waals surface area contributed by atoms with Gasteiger partial charge >= 0.3 is 0 Å². The lowest BCUT2D eigenvalue weighted by molar-refractivity contribution is 0.427. The average molecular weight is 423 g/mol. The SMILES string of the molecule is CCNC(=NCCNC(C)(C)C)N(C)Cc1ncnn1C.I. The van der Waals surface area contributed by atoms with Gasteiger partial charge in [-0.25, -0.2) is 4.98 Å². The van der Waals surface area contributed by atoms with E-state index in [2.05, 4.69) is 58.3 Å². The van der Waals surface area contributed by atoms with Crippen LogP contribution in [-0.4, -0.2) is 57.8 Å². The first-order valence-electron chi connectivity index (χ1n) is 7.41. The van der Waals surface area contributed by atoms with Gasteiger partial charge in [-0.05, 0) is 27.7 Å². The van der Waals surface area contributed by atoms with Gasteiger partial charge < -0.3 is 15.5 Å². The highest BCUT2D eigenvalue weighted by molar-refractivity contribution is 14.0. The van der Waals surface area contributed by atoms with Gasteiger partial charge in [-0.1, -0.05) is 0 Å². The molecule has 7 nitrogen and oxygen atoms in total. The van der Waals surface area contributed by atoms with Crippen molar-refractivity contribution in [1.29, 1.82) is 0 Å². The molecule has 1 rings (SSSR count). The lowest BCUT2D eigenvalue weighted by Crippen LogP contribution is -2.41. The van der Waals surface area contributed by atoms with Gasteiger partial charge in [-0.2, -0.15) is 5.10 Å². The fraction of sp³-hybridized carbons (Fsp3) is 0.786. The molecule has 0 aliphatic carbocycles. The fourth-order valence-corrected chi connectivity index (χ4v) is 1.81. The lowest BCUT2D eigenvalue weighted by Gasteiger charge is -2.22. The van der Waals surface area contributed by atoms with Crippen molar-refractivity contribution in [2.75, 3.05) is 26.7 Å². The van der Waals surface area contributed by atoms with Gasteiger partial charge in [0, 0.05) is 32.7 Å². The number of rotatable bonds is 6. The molecule has 0 atom stereocenters. The Kier molecular flexibility index (Phi) is 9.58. The summed E-state index contributed by atoms with van der Waals surface area (Å²) in [6.45, 7) is 11.6. The van der Waals surface area contributed by atoms with Gasteiger partial charge in [-0.15, -0.1) is 24.0 Å². The van der Waals surface area contributed by atoms with E-state index in [0.29, 0.717) is 6.54 Å². The standard InChI is InChI=1S/C14H29N7.HI/c1-7-15-13(16-8-9-18-14(2,3)4)20(5)10-12-17-11-19-21(12)6;/h11,18H,7-10H2,1-6H3,(H,15,16);1H. The van der Waals surface area contributed by atoms with E-state index < -0.39 is 0 Å². The maximum absolute atomic E-state index is 4.64. The summed E-state index contributed by atoms with van der Waals surface area (Å²) in [6, 6.07) is 0. The predicted octanol–water partition coefficient (Wildman–Crippen LogP) is 1.22. The van der Waals surface area contributed by atoms with E-state index in [1.54, 1.807) is 11.0 Å². The summed E-state index contributed by atoms with van der Waals surface area (Å²) in [5.41, 5.74) is 0.123. The van der Waals surface area contributed by atoms with Gasteiger partial charge in [-0.3, -0.25) is 9.67 Å². The summed E-state index contributed by atoms with van der Waals surface area (Å²) < 4.78 is 1.78. The second-order valence-electron chi connectivity index (χ2n) is 6.07. The number of guanidine groups is 1. The molecule has 8 heteroatoms. The summed E-state index contributed by atoms with van der Waals surface area (Å²) >= 11 is 0. The normalized spacial score (nSPS) is 12.0. The van der Waals surface area contributed by atoms with Crippen LogP contribution in [0.1, 0.15) is 33.5 Å². The molecule has 1 aromatic rings. The first-order valence-corrected chi connectivity index (χ1v) is 7.41. The number of hydrogen-bond donors (Lipinski definition) is 2. The molecule has 0 fully saturated rings. The Bertz CT molecular complexity index is 450. The van der Waals surface area contributed by atoms with E-state index in [0.717, 1.165) is 31.4 Å². The molecule has 0 saturated carbocycles. The predicted molar refractivity (Wildman–Crippen MR) is 102 cm³/mol.